The highest BCUT2D eigenvalue weighted by Crippen LogP contribution is 2.35. The van der Waals surface area contributed by atoms with Crippen molar-refractivity contribution in [1.82, 2.24) is 37.2 Å². The summed E-state index contributed by atoms with van der Waals surface area (Å²) in [5, 5.41) is 32.5. The predicted molar refractivity (Wildman–Crippen MR) is 330 cm³/mol. The molecule has 15 N–H and O–H groups in total. The Kier molecular flexibility index (Phi) is 31.2. The molecule has 29 heteroatoms. The Morgan fingerprint density at radius 1 is 0.679 bits per heavy atom. The van der Waals surface area contributed by atoms with Crippen LogP contribution < -0.4 is 59.7 Å². The van der Waals surface area contributed by atoms with Gasteiger partial charge in [-0.05, 0) is 110 Å². The van der Waals surface area contributed by atoms with Crippen molar-refractivity contribution in [2.24, 2.45) is 27.2 Å². The van der Waals surface area contributed by atoms with Crippen LogP contribution in [0.15, 0.2) is 52.4 Å². The van der Waals surface area contributed by atoms with Gasteiger partial charge in [0, 0.05) is 93.7 Å². The largest absolute Gasteiger partial charge is 0.480 e. The number of nitrogens with zero attached hydrogens (tertiary/aromatic N) is 2. The van der Waals surface area contributed by atoms with Crippen LogP contribution in [-0.4, -0.2) is 196 Å². The van der Waals surface area contributed by atoms with Crippen molar-refractivity contribution in [3.63, 3.8) is 0 Å². The van der Waals surface area contributed by atoms with E-state index in [1.54, 1.807) is 43.0 Å². The third-order valence-corrected chi connectivity index (χ3v) is 17.0. The van der Waals surface area contributed by atoms with Crippen LogP contribution in [0, 0.1) is 3.57 Å². The number of benzene rings is 2. The summed E-state index contributed by atoms with van der Waals surface area (Å²) in [5.41, 5.74) is 17.7. The van der Waals surface area contributed by atoms with Gasteiger partial charge in [-0.3, -0.25) is 33.6 Å². The number of aliphatic carboxylic acids is 1. The van der Waals surface area contributed by atoms with Crippen molar-refractivity contribution in [1.29, 1.82) is 0 Å². The Labute approximate surface area is 511 Å². The van der Waals surface area contributed by atoms with Crippen molar-refractivity contribution in [2.75, 3.05) is 95.9 Å². The van der Waals surface area contributed by atoms with Crippen LogP contribution in [0.4, 0.5) is 5.69 Å². The Morgan fingerprint density at radius 2 is 1.21 bits per heavy atom. The van der Waals surface area contributed by atoms with Crippen molar-refractivity contribution < 1.29 is 62.4 Å². The van der Waals surface area contributed by atoms with Gasteiger partial charge in [0.25, 0.3) is 17.7 Å². The minimum atomic E-state index is -1.38. The molecule has 2 aromatic rings. The highest BCUT2D eigenvalue weighted by atomic mass is 127. The molecule has 3 heterocycles. The van der Waals surface area contributed by atoms with E-state index in [0.29, 0.717) is 35.7 Å². The molecule has 5 rings (SSSR count). The summed E-state index contributed by atoms with van der Waals surface area (Å²) >= 11 is 5.83. The smallest absolute Gasteiger partial charge is 0.326 e. The number of anilines is 1. The number of nitrogens with two attached hydrogens (primary N) is 3. The molecule has 3 aliphatic rings. The number of halogens is 1. The monoisotopic (exact) mass is 1320 g/mol. The number of aliphatic imine (C=N–C) groups is 2. The summed E-state index contributed by atoms with van der Waals surface area (Å²) in [6.45, 7) is 3.81. The summed E-state index contributed by atoms with van der Waals surface area (Å²) in [6, 6.07) is 10.1. The molecular weight excluding hydrogens is 1240 g/mol. The number of carboxylic acid groups (broad SMARTS) is 1. The topological polar surface area (TPSA) is 393 Å². The fourth-order valence-corrected chi connectivity index (χ4v) is 12.5. The Morgan fingerprint density at radius 3 is 1.77 bits per heavy atom. The maximum atomic E-state index is 13.3. The summed E-state index contributed by atoms with van der Waals surface area (Å²) in [7, 11) is 0. The number of carbonyl (C=O) groups excluding carboxylic acids is 7. The lowest BCUT2D eigenvalue weighted by Gasteiger charge is -2.16. The molecular formula is C55H82IN13O13S2. The molecule has 84 heavy (non-hydrogen) atoms. The van der Waals surface area contributed by atoms with Crippen LogP contribution in [-0.2, 0) is 42.9 Å². The first-order valence-corrected chi connectivity index (χ1v) is 31.5. The van der Waals surface area contributed by atoms with Crippen molar-refractivity contribution in [3.05, 3.63) is 62.7 Å². The van der Waals surface area contributed by atoms with Gasteiger partial charge in [0.15, 0.2) is 11.9 Å². The molecule has 464 valence electrons. The van der Waals surface area contributed by atoms with Gasteiger partial charge in [-0.15, -0.1) is 0 Å². The van der Waals surface area contributed by atoms with E-state index in [2.05, 4.69) is 75.1 Å². The third-order valence-electron chi connectivity index (χ3n) is 13.4. The van der Waals surface area contributed by atoms with E-state index in [1.165, 1.54) is 18.2 Å². The van der Waals surface area contributed by atoms with Gasteiger partial charge in [0.1, 0.15) is 6.04 Å². The van der Waals surface area contributed by atoms with E-state index < -0.39 is 48.0 Å². The fourth-order valence-electron chi connectivity index (χ4n) is 9.23. The Hall–Kier alpha value is -5.99. The molecule has 0 aliphatic carbocycles. The first kappa shape index (κ1) is 68.8. The van der Waals surface area contributed by atoms with Crippen LogP contribution in [0.3, 0.4) is 0 Å². The molecule has 2 fully saturated rings. The zero-order chi connectivity index (χ0) is 60.6. The molecule has 26 nitrogen and oxygen atoms in total. The summed E-state index contributed by atoms with van der Waals surface area (Å²) in [4.78, 5) is 110. The molecule has 0 bridgehead atoms. The lowest BCUT2D eigenvalue weighted by Crippen LogP contribution is -2.44. The zero-order valence-electron chi connectivity index (χ0n) is 47.4. The van der Waals surface area contributed by atoms with Crippen LogP contribution in [0.2, 0.25) is 0 Å². The van der Waals surface area contributed by atoms with Crippen LogP contribution in [0.1, 0.15) is 109 Å². The van der Waals surface area contributed by atoms with Gasteiger partial charge in [-0.1, -0.05) is 12.8 Å². The maximum absolute atomic E-state index is 13.3. The lowest BCUT2D eigenvalue weighted by atomic mass is 10.0. The number of thioether (sulfide) groups is 2. The Bertz CT molecular complexity index is 2550. The molecule has 7 amide bonds. The van der Waals surface area contributed by atoms with Crippen molar-refractivity contribution >= 4 is 111 Å². The number of carboxylic acids is 1. The molecule has 2 saturated heterocycles. The number of amides is 7. The normalized spacial score (nSPS) is 18.5. The Balaban J connectivity index is 0.903. The second kappa shape index (κ2) is 38.1. The van der Waals surface area contributed by atoms with Crippen LogP contribution >= 0.6 is 46.1 Å². The molecule has 0 aromatic heterocycles. The van der Waals surface area contributed by atoms with E-state index >= 15 is 0 Å². The minimum Gasteiger partial charge on any atom is -0.480 e. The number of rotatable bonds is 40. The van der Waals surface area contributed by atoms with E-state index in [9.17, 15) is 43.5 Å². The van der Waals surface area contributed by atoms with Crippen LogP contribution in [0.25, 0.3) is 0 Å². The van der Waals surface area contributed by atoms with E-state index in [-0.39, 0.29) is 150 Å². The second-order valence-corrected chi connectivity index (χ2v) is 24.1. The average Bonchev–Trinajstić information content (AvgIpc) is 3.74. The lowest BCUT2D eigenvalue weighted by molar-refractivity contribution is -0.143. The first-order valence-electron chi connectivity index (χ1n) is 28.3. The maximum Gasteiger partial charge on any atom is 0.326 e. The average molecular weight is 1320 g/mol. The molecule has 3 aliphatic heterocycles. The van der Waals surface area contributed by atoms with Gasteiger partial charge >= 0.3 is 5.97 Å². The highest BCUT2D eigenvalue weighted by Gasteiger charge is 2.40. The fraction of sp³-hybridized carbons (Fsp3) is 0.600. The van der Waals surface area contributed by atoms with E-state index in [4.69, 9.17) is 36.1 Å². The van der Waals surface area contributed by atoms with Gasteiger partial charge in [0.05, 0.1) is 77.4 Å². The molecule has 7 atom stereocenters. The molecule has 2 aromatic carbocycles. The number of nitrogens with one attached hydrogen (secondary N) is 8. The minimum absolute atomic E-state index is 0.0547. The highest BCUT2D eigenvalue weighted by molar-refractivity contribution is 14.1. The molecule has 0 saturated carbocycles. The number of carbonyl (C=O) groups is 8. The van der Waals surface area contributed by atoms with Crippen molar-refractivity contribution in [3.8, 4) is 0 Å². The number of hydrogen-bond acceptors (Lipinski definition) is 18. The third kappa shape index (κ3) is 26.5. The van der Waals surface area contributed by atoms with Gasteiger partial charge in [0.2, 0.25) is 23.6 Å². The van der Waals surface area contributed by atoms with E-state index in [0.717, 1.165) is 53.6 Å². The molecule has 0 unspecified atom stereocenters. The number of fused-ring (bicyclic) bond motifs is 1. The van der Waals surface area contributed by atoms with Gasteiger partial charge in [-0.2, -0.15) is 23.5 Å². The molecule has 0 radical (unpaired) electrons. The van der Waals surface area contributed by atoms with Crippen molar-refractivity contribution in [2.45, 2.75) is 118 Å². The number of guanidine groups is 2. The number of hydrogen-bond donors (Lipinski definition) is 12. The summed E-state index contributed by atoms with van der Waals surface area (Å²) in [6.07, 6.45) is 5.88. The van der Waals surface area contributed by atoms with Gasteiger partial charge in [-0.25, -0.2) is 14.8 Å². The summed E-state index contributed by atoms with van der Waals surface area (Å²) in [5.74, 6) is -1.58. The first-order chi connectivity index (χ1) is 40.4. The second-order valence-electron chi connectivity index (χ2n) is 20.2. The zero-order valence-corrected chi connectivity index (χ0v) is 51.2. The SMILES string of the molecule is C[C@H](CC(=O)NCCOCCOCCNC(=O)c1cc(NC(=O)c2ccc(I)cc2)cc(C(=O)NCCOCCOCCNC(=O)C[C@H](NC(=O)CCCC[C@@H]2SCC[C@@H]2N=C(N)N)C(=O)O)c1)NC(=O)CCCC[C@@H]1SC[C@@H]2NC(N)=N[C@@H]21. The molecule has 0 spiro atoms. The van der Waals surface area contributed by atoms with Gasteiger partial charge < -0.3 is 83.8 Å². The summed E-state index contributed by atoms with van der Waals surface area (Å²) < 4.78 is 23.2. The van der Waals surface area contributed by atoms with E-state index in [1.807, 2.05) is 11.8 Å². The number of unbranched alkanes of at least 4 members (excludes halogenated alkanes) is 2. The van der Waals surface area contributed by atoms with Crippen LogP contribution in [0.5, 0.6) is 0 Å². The predicted octanol–water partition coefficient (Wildman–Crippen LogP) is 1.19. The quantitative estimate of drug-likeness (QED) is 0.0193. The number of ether oxygens (including phenoxy) is 4. The standard InChI is InChI=1S/C55H82IN13O13S2/c1-34(64-45(70)8-5-3-7-44-49-42(33-84-44)68-55(59)69-49)28-47(72)60-15-19-79-23-25-81-21-17-62-50(74)36-29-37(31-39(30-36)65-52(76)35-10-12-38(56)13-11-35)51(75)63-18-22-82-26-24-80-20-16-61-48(73)32-41(53(77)78)66-46(71)9-4-2-6-43-40(14-27-83-43)67-54(57)58/h10-13,29-31,34,40-44,49H,2-9,14-28,32-33H2,1H3,(H,60,72)(H,61,73)(H,62,74)(H,63,75)(H,64,70)(H,65,76)(H,66,71)(H,77,78)(H4,57,58,67)(H3,59,68,69)/t34-,40+,41+,42+,43+,44+,49+/m1/s1.